The highest BCUT2D eigenvalue weighted by Crippen LogP contribution is 2.25. The Kier molecular flexibility index (Phi) is 5.60. The van der Waals surface area contributed by atoms with Crippen molar-refractivity contribution < 1.29 is 14.3 Å². The second-order valence-electron chi connectivity index (χ2n) is 6.06. The van der Waals surface area contributed by atoms with Crippen molar-refractivity contribution in [3.8, 4) is 5.88 Å². The molecule has 1 N–H and O–H groups in total. The van der Waals surface area contributed by atoms with Crippen LogP contribution in [0.3, 0.4) is 0 Å². The van der Waals surface area contributed by atoms with E-state index in [2.05, 4.69) is 20.2 Å². The number of H-pyrrole nitrogens is 1. The number of nitrogens with zero attached hydrogens (tertiary/aromatic N) is 4. The Labute approximate surface area is 146 Å². The van der Waals surface area contributed by atoms with Crippen molar-refractivity contribution in [3.05, 3.63) is 35.5 Å². The molecule has 3 rings (SSSR count). The minimum atomic E-state index is -0.0185. The second-order valence-corrected chi connectivity index (χ2v) is 6.06. The van der Waals surface area contributed by atoms with Gasteiger partial charge in [0.05, 0.1) is 19.3 Å². The zero-order chi connectivity index (χ0) is 17.6. The number of aromatic nitrogens is 4. The van der Waals surface area contributed by atoms with E-state index in [0.29, 0.717) is 31.0 Å². The van der Waals surface area contributed by atoms with E-state index in [4.69, 9.17) is 9.47 Å². The van der Waals surface area contributed by atoms with Gasteiger partial charge in [0.1, 0.15) is 5.82 Å². The molecule has 1 unspecified atom stereocenters. The van der Waals surface area contributed by atoms with Crippen molar-refractivity contribution in [1.82, 2.24) is 25.1 Å². The Morgan fingerprint density at radius 3 is 3.00 bits per heavy atom. The van der Waals surface area contributed by atoms with Crippen LogP contribution in [-0.4, -0.2) is 64.9 Å². The third-order valence-corrected chi connectivity index (χ3v) is 4.36. The highest BCUT2D eigenvalue weighted by molar-refractivity contribution is 5.94. The first-order valence-electron chi connectivity index (χ1n) is 8.40. The molecule has 1 atom stereocenters. The van der Waals surface area contributed by atoms with Gasteiger partial charge in [-0.15, -0.1) is 0 Å². The summed E-state index contributed by atoms with van der Waals surface area (Å²) < 4.78 is 10.1. The first kappa shape index (κ1) is 17.3. The molecule has 25 heavy (non-hydrogen) atoms. The number of likely N-dealkylation sites (tertiary alicyclic amines) is 1. The van der Waals surface area contributed by atoms with E-state index >= 15 is 0 Å². The summed E-state index contributed by atoms with van der Waals surface area (Å²) >= 11 is 0. The van der Waals surface area contributed by atoms with Gasteiger partial charge in [-0.25, -0.2) is 9.97 Å². The highest BCUT2D eigenvalue weighted by atomic mass is 16.5. The molecule has 1 amide bonds. The van der Waals surface area contributed by atoms with Gasteiger partial charge in [0.25, 0.3) is 5.91 Å². The third kappa shape index (κ3) is 4.14. The first-order chi connectivity index (χ1) is 12.2. The number of methoxy groups -OCH3 is 2. The Balaban J connectivity index is 1.65. The smallest absolute Gasteiger partial charge is 0.255 e. The average Bonchev–Trinajstić information content (AvgIpc) is 3.15. The lowest BCUT2D eigenvalue weighted by Gasteiger charge is -2.31. The summed E-state index contributed by atoms with van der Waals surface area (Å²) in [5, 5.41) is 7.28. The average molecular weight is 345 g/mol. The summed E-state index contributed by atoms with van der Waals surface area (Å²) in [4.78, 5) is 23.2. The number of hydrogen-bond acceptors (Lipinski definition) is 6. The predicted octanol–water partition coefficient (Wildman–Crippen LogP) is 1.42. The minimum absolute atomic E-state index is 0.0185. The lowest BCUT2D eigenvalue weighted by atomic mass is 9.97. The van der Waals surface area contributed by atoms with Gasteiger partial charge in [0.15, 0.2) is 5.82 Å². The van der Waals surface area contributed by atoms with Gasteiger partial charge in [-0.1, -0.05) is 0 Å². The number of piperidine rings is 1. The molecule has 1 aliphatic rings. The van der Waals surface area contributed by atoms with Gasteiger partial charge in [-0.2, -0.15) is 5.10 Å². The van der Waals surface area contributed by atoms with Crippen LogP contribution in [0.2, 0.25) is 0 Å². The second kappa shape index (κ2) is 8.06. The molecule has 134 valence electrons. The standard InChI is InChI=1S/C17H23N5O3/c1-24-9-7-14-19-16(21-20-14)13-4-3-8-22(11-13)17(23)12-5-6-15(25-2)18-10-12/h5-6,10,13H,3-4,7-9,11H2,1-2H3,(H,19,20,21). The molecule has 1 saturated heterocycles. The maximum absolute atomic E-state index is 12.7. The van der Waals surface area contributed by atoms with E-state index in [9.17, 15) is 4.79 Å². The van der Waals surface area contributed by atoms with Crippen LogP contribution < -0.4 is 4.74 Å². The molecule has 2 aromatic heterocycles. The number of nitrogens with one attached hydrogen (secondary N) is 1. The number of amides is 1. The number of carbonyl (C=O) groups is 1. The Bertz CT molecular complexity index is 701. The van der Waals surface area contributed by atoms with Crippen LogP contribution in [0.5, 0.6) is 5.88 Å². The number of ether oxygens (including phenoxy) is 2. The van der Waals surface area contributed by atoms with Crippen LogP contribution in [0.25, 0.3) is 0 Å². The van der Waals surface area contributed by atoms with Crippen molar-refractivity contribution in [3.63, 3.8) is 0 Å². The zero-order valence-corrected chi connectivity index (χ0v) is 14.6. The number of hydrogen-bond donors (Lipinski definition) is 1. The quantitative estimate of drug-likeness (QED) is 0.851. The summed E-state index contributed by atoms with van der Waals surface area (Å²) in [5.41, 5.74) is 0.567. The molecule has 1 fully saturated rings. The van der Waals surface area contributed by atoms with Crippen molar-refractivity contribution >= 4 is 5.91 Å². The molecule has 0 saturated carbocycles. The molecule has 1 aliphatic heterocycles. The summed E-state index contributed by atoms with van der Waals surface area (Å²) in [6.45, 7) is 1.96. The van der Waals surface area contributed by atoms with Crippen LogP contribution >= 0.6 is 0 Å². The molecular formula is C17H23N5O3. The summed E-state index contributed by atoms with van der Waals surface area (Å²) in [7, 11) is 3.22. The number of carbonyl (C=O) groups excluding carboxylic acids is 1. The lowest BCUT2D eigenvalue weighted by molar-refractivity contribution is 0.0704. The number of aromatic amines is 1. The Morgan fingerprint density at radius 2 is 2.28 bits per heavy atom. The maximum atomic E-state index is 12.7. The lowest BCUT2D eigenvalue weighted by Crippen LogP contribution is -2.39. The molecule has 2 aromatic rings. The molecule has 0 aliphatic carbocycles. The molecule has 8 heteroatoms. The summed E-state index contributed by atoms with van der Waals surface area (Å²) in [6, 6.07) is 3.44. The normalized spacial score (nSPS) is 17.5. The topological polar surface area (TPSA) is 93.2 Å². The molecule has 3 heterocycles. The molecule has 0 aromatic carbocycles. The SMILES string of the molecule is COCCc1nc(C2CCCN(C(=O)c3ccc(OC)nc3)C2)n[nH]1. The van der Waals surface area contributed by atoms with E-state index in [1.54, 1.807) is 32.5 Å². The van der Waals surface area contributed by atoms with E-state index in [1.165, 1.54) is 0 Å². The number of pyridine rings is 1. The molecule has 0 bridgehead atoms. The monoisotopic (exact) mass is 345 g/mol. The van der Waals surface area contributed by atoms with Crippen LogP contribution in [0, 0.1) is 0 Å². The van der Waals surface area contributed by atoms with E-state index < -0.39 is 0 Å². The zero-order valence-electron chi connectivity index (χ0n) is 14.6. The van der Waals surface area contributed by atoms with Crippen LogP contribution in [0.4, 0.5) is 0 Å². The predicted molar refractivity (Wildman–Crippen MR) is 90.6 cm³/mol. The maximum Gasteiger partial charge on any atom is 0.255 e. The van der Waals surface area contributed by atoms with Gasteiger partial charge in [-0.3, -0.25) is 9.89 Å². The van der Waals surface area contributed by atoms with E-state index in [0.717, 1.165) is 31.0 Å². The van der Waals surface area contributed by atoms with Crippen molar-refractivity contribution in [2.75, 3.05) is 33.9 Å². The van der Waals surface area contributed by atoms with Crippen molar-refractivity contribution in [1.29, 1.82) is 0 Å². The van der Waals surface area contributed by atoms with Crippen LogP contribution in [0.15, 0.2) is 18.3 Å². The van der Waals surface area contributed by atoms with E-state index in [1.807, 2.05) is 4.90 Å². The summed E-state index contributed by atoms with van der Waals surface area (Å²) in [5.74, 6) is 2.22. The number of rotatable bonds is 6. The molecule has 0 radical (unpaired) electrons. The molecular weight excluding hydrogens is 322 g/mol. The van der Waals surface area contributed by atoms with Gasteiger partial charge < -0.3 is 14.4 Å². The first-order valence-corrected chi connectivity index (χ1v) is 8.40. The fourth-order valence-corrected chi connectivity index (χ4v) is 2.99. The third-order valence-electron chi connectivity index (χ3n) is 4.36. The van der Waals surface area contributed by atoms with Crippen molar-refractivity contribution in [2.24, 2.45) is 0 Å². The van der Waals surface area contributed by atoms with Gasteiger partial charge in [0, 0.05) is 44.8 Å². The molecule has 8 nitrogen and oxygen atoms in total. The summed E-state index contributed by atoms with van der Waals surface area (Å²) in [6.07, 6.45) is 4.17. The minimum Gasteiger partial charge on any atom is -0.481 e. The highest BCUT2D eigenvalue weighted by Gasteiger charge is 2.28. The van der Waals surface area contributed by atoms with Gasteiger partial charge in [0.2, 0.25) is 5.88 Å². The Hall–Kier alpha value is -2.48. The largest absolute Gasteiger partial charge is 0.481 e. The van der Waals surface area contributed by atoms with Crippen molar-refractivity contribution in [2.45, 2.75) is 25.2 Å². The fourth-order valence-electron chi connectivity index (χ4n) is 2.99. The van der Waals surface area contributed by atoms with Gasteiger partial charge in [-0.05, 0) is 18.9 Å². The van der Waals surface area contributed by atoms with Crippen LogP contribution in [0.1, 0.15) is 40.8 Å². The van der Waals surface area contributed by atoms with E-state index in [-0.39, 0.29) is 11.8 Å². The molecule has 0 spiro atoms. The fraction of sp³-hybridized carbons (Fsp3) is 0.529. The Morgan fingerprint density at radius 1 is 1.40 bits per heavy atom. The van der Waals surface area contributed by atoms with Gasteiger partial charge >= 0.3 is 0 Å². The van der Waals surface area contributed by atoms with Crippen LogP contribution in [-0.2, 0) is 11.2 Å².